The number of pyridine rings is 1. The third-order valence-electron chi connectivity index (χ3n) is 5.40. The Hall–Kier alpha value is -3.25. The molecular formula is C22H16ClN3O3. The van der Waals surface area contributed by atoms with E-state index in [-0.39, 0.29) is 12.8 Å². The first-order chi connectivity index (χ1) is 14.3. The zero-order chi connectivity index (χ0) is 19.4. The van der Waals surface area contributed by atoms with Crippen LogP contribution in [0.25, 0.3) is 0 Å². The highest BCUT2D eigenvalue weighted by Crippen LogP contribution is 2.48. The van der Waals surface area contributed by atoms with Crippen LogP contribution in [-0.4, -0.2) is 22.5 Å². The quantitative estimate of drug-likeness (QED) is 0.618. The molecule has 29 heavy (non-hydrogen) atoms. The van der Waals surface area contributed by atoms with Gasteiger partial charge in [-0.3, -0.25) is 4.98 Å². The highest BCUT2D eigenvalue weighted by Gasteiger charge is 2.41. The maximum absolute atomic E-state index is 6.30. The van der Waals surface area contributed by atoms with E-state index in [9.17, 15) is 0 Å². The minimum atomic E-state index is -0.401. The SMILES string of the molecule is Clc1ccc2c(c1)[C@@H]1CC(c3ccc4c(c3)OCO4)=NN1[C@@H](c1ccccn1)O2. The van der Waals surface area contributed by atoms with Gasteiger partial charge in [0.2, 0.25) is 13.0 Å². The summed E-state index contributed by atoms with van der Waals surface area (Å²) in [5, 5.41) is 7.61. The first-order valence-corrected chi connectivity index (χ1v) is 9.77. The lowest BCUT2D eigenvalue weighted by molar-refractivity contribution is -0.0218. The molecule has 144 valence electrons. The minimum Gasteiger partial charge on any atom is -0.463 e. The van der Waals surface area contributed by atoms with Crippen LogP contribution in [0.4, 0.5) is 0 Å². The van der Waals surface area contributed by atoms with Gasteiger partial charge in [0, 0.05) is 28.8 Å². The van der Waals surface area contributed by atoms with Crippen LogP contribution in [0.2, 0.25) is 5.02 Å². The molecule has 0 spiro atoms. The molecule has 0 N–H and O–H groups in total. The monoisotopic (exact) mass is 405 g/mol. The van der Waals surface area contributed by atoms with Gasteiger partial charge in [-0.05, 0) is 48.5 Å². The number of rotatable bonds is 2. The normalized spacial score (nSPS) is 21.3. The Morgan fingerprint density at radius 1 is 0.966 bits per heavy atom. The maximum atomic E-state index is 6.30. The Kier molecular flexibility index (Phi) is 3.67. The summed E-state index contributed by atoms with van der Waals surface area (Å²) >= 11 is 6.28. The van der Waals surface area contributed by atoms with Crippen molar-refractivity contribution in [3.05, 3.63) is 82.6 Å². The van der Waals surface area contributed by atoms with E-state index in [2.05, 4.69) is 4.98 Å². The number of hydrogen-bond donors (Lipinski definition) is 0. The van der Waals surface area contributed by atoms with Gasteiger partial charge in [-0.1, -0.05) is 17.7 Å². The van der Waals surface area contributed by atoms with Crippen LogP contribution in [0.1, 0.15) is 35.5 Å². The van der Waals surface area contributed by atoms with Crippen molar-refractivity contribution in [1.82, 2.24) is 9.99 Å². The Balaban J connectivity index is 1.44. The standard InChI is InChI=1S/C22H16ClN3O3/c23-14-5-7-19-15(10-14)18-11-17(13-4-6-20-21(9-13)28-12-27-20)25-26(18)22(29-19)16-3-1-2-8-24-16/h1-10,18,22H,11-12H2/t18-,22+/m0/s1. The van der Waals surface area contributed by atoms with Gasteiger partial charge in [0.15, 0.2) is 11.5 Å². The highest BCUT2D eigenvalue weighted by molar-refractivity contribution is 6.30. The fraction of sp³-hybridized carbons (Fsp3) is 0.182. The van der Waals surface area contributed by atoms with Crippen LogP contribution in [0.5, 0.6) is 17.2 Å². The maximum Gasteiger partial charge on any atom is 0.231 e. The number of fused-ring (bicyclic) bond motifs is 4. The van der Waals surface area contributed by atoms with Gasteiger partial charge in [-0.15, -0.1) is 0 Å². The molecule has 7 heteroatoms. The highest BCUT2D eigenvalue weighted by atomic mass is 35.5. The molecule has 2 aromatic carbocycles. The van der Waals surface area contributed by atoms with Crippen molar-refractivity contribution >= 4 is 17.3 Å². The Morgan fingerprint density at radius 2 is 1.86 bits per heavy atom. The molecule has 0 amide bonds. The fourth-order valence-corrected chi connectivity index (χ4v) is 4.21. The molecule has 6 rings (SSSR count). The van der Waals surface area contributed by atoms with Crippen molar-refractivity contribution in [1.29, 1.82) is 0 Å². The molecule has 2 atom stereocenters. The van der Waals surface area contributed by atoms with Gasteiger partial charge < -0.3 is 14.2 Å². The molecule has 6 nitrogen and oxygen atoms in total. The Bertz CT molecular complexity index is 1140. The third-order valence-corrected chi connectivity index (χ3v) is 5.63. The van der Waals surface area contributed by atoms with E-state index in [0.29, 0.717) is 5.02 Å². The van der Waals surface area contributed by atoms with Crippen LogP contribution >= 0.6 is 11.6 Å². The number of halogens is 1. The molecular weight excluding hydrogens is 390 g/mol. The molecule has 1 aromatic heterocycles. The summed E-state index contributed by atoms with van der Waals surface area (Å²) in [6, 6.07) is 17.5. The van der Waals surface area contributed by atoms with Gasteiger partial charge in [0.05, 0.1) is 11.8 Å². The molecule has 0 fully saturated rings. The van der Waals surface area contributed by atoms with E-state index >= 15 is 0 Å². The van der Waals surface area contributed by atoms with Crippen molar-refractivity contribution in [3.63, 3.8) is 0 Å². The van der Waals surface area contributed by atoms with E-state index in [0.717, 1.165) is 46.2 Å². The smallest absolute Gasteiger partial charge is 0.231 e. The van der Waals surface area contributed by atoms with E-state index in [1.54, 1.807) is 6.20 Å². The van der Waals surface area contributed by atoms with Gasteiger partial charge in [-0.2, -0.15) is 5.10 Å². The van der Waals surface area contributed by atoms with Crippen molar-refractivity contribution in [3.8, 4) is 17.2 Å². The van der Waals surface area contributed by atoms with Crippen LogP contribution in [-0.2, 0) is 0 Å². The topological polar surface area (TPSA) is 56.2 Å². The molecule has 3 aliphatic heterocycles. The summed E-state index contributed by atoms with van der Waals surface area (Å²) in [7, 11) is 0. The number of hydrazone groups is 1. The van der Waals surface area contributed by atoms with Gasteiger partial charge in [-0.25, -0.2) is 5.01 Å². The molecule has 0 unspecified atom stereocenters. The van der Waals surface area contributed by atoms with Crippen LogP contribution in [0, 0.1) is 0 Å². The van der Waals surface area contributed by atoms with E-state index in [1.807, 2.05) is 59.6 Å². The zero-order valence-corrected chi connectivity index (χ0v) is 16.0. The van der Waals surface area contributed by atoms with Crippen LogP contribution in [0.3, 0.4) is 0 Å². The molecule has 3 aliphatic rings. The molecule has 0 aliphatic carbocycles. The second-order valence-corrected chi connectivity index (χ2v) is 7.56. The lowest BCUT2D eigenvalue weighted by atomic mass is 9.96. The van der Waals surface area contributed by atoms with Crippen molar-refractivity contribution in [2.45, 2.75) is 18.7 Å². The largest absolute Gasteiger partial charge is 0.463 e. The van der Waals surface area contributed by atoms with Crippen LogP contribution < -0.4 is 14.2 Å². The van der Waals surface area contributed by atoms with Gasteiger partial charge >= 0.3 is 0 Å². The summed E-state index contributed by atoms with van der Waals surface area (Å²) in [5.74, 6) is 2.32. The first kappa shape index (κ1) is 16.7. The lowest BCUT2D eigenvalue weighted by Gasteiger charge is -2.37. The molecule has 0 saturated carbocycles. The molecule has 3 aromatic rings. The Labute approximate surface area is 172 Å². The minimum absolute atomic E-state index is 0.0184. The number of aromatic nitrogens is 1. The average molecular weight is 406 g/mol. The first-order valence-electron chi connectivity index (χ1n) is 9.39. The average Bonchev–Trinajstić information content (AvgIpc) is 3.40. The molecule has 0 bridgehead atoms. The summed E-state index contributed by atoms with van der Waals surface area (Å²) < 4.78 is 17.3. The lowest BCUT2D eigenvalue weighted by Crippen LogP contribution is -2.34. The second-order valence-electron chi connectivity index (χ2n) is 7.12. The summed E-state index contributed by atoms with van der Waals surface area (Å²) in [6.07, 6.45) is 2.10. The number of hydrogen-bond acceptors (Lipinski definition) is 6. The van der Waals surface area contributed by atoms with E-state index in [1.165, 1.54) is 0 Å². The van der Waals surface area contributed by atoms with Gasteiger partial charge in [0.25, 0.3) is 0 Å². The van der Waals surface area contributed by atoms with Gasteiger partial charge in [0.1, 0.15) is 11.4 Å². The summed E-state index contributed by atoms with van der Waals surface area (Å²) in [4.78, 5) is 4.50. The number of benzene rings is 2. The molecule has 0 saturated heterocycles. The van der Waals surface area contributed by atoms with E-state index < -0.39 is 6.23 Å². The molecule has 0 radical (unpaired) electrons. The van der Waals surface area contributed by atoms with Crippen molar-refractivity contribution in [2.75, 3.05) is 6.79 Å². The molecule has 4 heterocycles. The van der Waals surface area contributed by atoms with E-state index in [4.69, 9.17) is 30.9 Å². The zero-order valence-electron chi connectivity index (χ0n) is 15.3. The second kappa shape index (κ2) is 6.39. The number of nitrogens with zero attached hydrogens (tertiary/aromatic N) is 3. The predicted octanol–water partition coefficient (Wildman–Crippen LogP) is 4.71. The predicted molar refractivity (Wildman–Crippen MR) is 107 cm³/mol. The third kappa shape index (κ3) is 2.71. The van der Waals surface area contributed by atoms with Crippen LogP contribution in [0.15, 0.2) is 65.9 Å². The van der Waals surface area contributed by atoms with Crippen molar-refractivity contribution in [2.24, 2.45) is 5.10 Å². The summed E-state index contributed by atoms with van der Waals surface area (Å²) in [5.41, 5.74) is 3.82. The fourth-order valence-electron chi connectivity index (χ4n) is 4.03. The van der Waals surface area contributed by atoms with Crippen molar-refractivity contribution < 1.29 is 14.2 Å². The Morgan fingerprint density at radius 3 is 2.76 bits per heavy atom. The summed E-state index contributed by atoms with van der Waals surface area (Å²) in [6.45, 7) is 0.251. The number of ether oxygens (including phenoxy) is 3.